The van der Waals surface area contributed by atoms with Crippen LogP contribution in [0.3, 0.4) is 0 Å². The molecule has 0 N–H and O–H groups in total. The number of ether oxygens (including phenoxy) is 2. The van der Waals surface area contributed by atoms with Crippen LogP contribution in [-0.4, -0.2) is 61.0 Å². The van der Waals surface area contributed by atoms with Gasteiger partial charge in [0.15, 0.2) is 6.61 Å². The number of piperidine rings is 1. The number of hydrogen-bond donors (Lipinski definition) is 0. The Kier molecular flexibility index (Phi) is 7.30. The van der Waals surface area contributed by atoms with E-state index in [1.165, 1.54) is 0 Å². The van der Waals surface area contributed by atoms with Gasteiger partial charge in [-0.15, -0.1) is 0 Å². The lowest BCUT2D eigenvalue weighted by atomic mass is 9.99. The first kappa shape index (κ1) is 22.2. The summed E-state index contributed by atoms with van der Waals surface area (Å²) in [5.41, 5.74) is 1.82. The highest BCUT2D eigenvalue weighted by Crippen LogP contribution is 2.21. The third-order valence-electron chi connectivity index (χ3n) is 6.20. The lowest BCUT2D eigenvalue weighted by Crippen LogP contribution is -2.43. The Hall–Kier alpha value is -3.02. The van der Waals surface area contributed by atoms with Crippen LogP contribution in [0.1, 0.15) is 41.6 Å². The maximum atomic E-state index is 12.6. The smallest absolute Gasteiger partial charge is 0.260 e. The van der Waals surface area contributed by atoms with Crippen LogP contribution in [0.15, 0.2) is 48.5 Å². The van der Waals surface area contributed by atoms with E-state index in [0.717, 1.165) is 62.4 Å². The van der Waals surface area contributed by atoms with Gasteiger partial charge in [0.1, 0.15) is 11.5 Å². The predicted octanol–water partition coefficient (Wildman–Crippen LogP) is 3.93. The van der Waals surface area contributed by atoms with Crippen molar-refractivity contribution in [1.29, 1.82) is 0 Å². The average Bonchev–Trinajstić information content (AvgIpc) is 3.36. The van der Waals surface area contributed by atoms with E-state index in [0.29, 0.717) is 18.7 Å². The molecule has 0 saturated carbocycles. The SMILES string of the molecule is Cc1cccc(OCC(=O)N2CCC[C@H](COc3ccc(C(=O)N4CCCC4)cc3)C2)c1. The molecule has 6 heteroatoms. The maximum absolute atomic E-state index is 12.6. The highest BCUT2D eigenvalue weighted by Gasteiger charge is 2.25. The molecule has 0 bridgehead atoms. The van der Waals surface area contributed by atoms with E-state index in [1.54, 1.807) is 0 Å². The third-order valence-corrected chi connectivity index (χ3v) is 6.20. The minimum atomic E-state index is 0.0148. The molecule has 0 radical (unpaired) electrons. The summed E-state index contributed by atoms with van der Waals surface area (Å²) in [6.45, 7) is 5.77. The molecule has 0 unspecified atom stereocenters. The van der Waals surface area contributed by atoms with E-state index in [-0.39, 0.29) is 24.3 Å². The Morgan fingerprint density at radius 3 is 2.41 bits per heavy atom. The van der Waals surface area contributed by atoms with Crippen molar-refractivity contribution in [3.8, 4) is 11.5 Å². The molecule has 170 valence electrons. The standard InChI is InChI=1S/C26H32N2O4/c1-20-6-4-8-24(16-20)32-19-25(29)28-15-5-7-21(17-28)18-31-23-11-9-22(10-12-23)26(30)27-13-2-3-14-27/h4,6,8-12,16,21H,2-3,5,7,13-15,17-19H2,1H3/t21-/m0/s1. The molecule has 0 aliphatic carbocycles. The van der Waals surface area contributed by atoms with E-state index in [1.807, 2.05) is 65.3 Å². The van der Waals surface area contributed by atoms with Crippen molar-refractivity contribution in [2.24, 2.45) is 5.92 Å². The van der Waals surface area contributed by atoms with Crippen LogP contribution >= 0.6 is 0 Å². The second kappa shape index (κ2) is 10.5. The summed E-state index contributed by atoms with van der Waals surface area (Å²) in [7, 11) is 0. The summed E-state index contributed by atoms with van der Waals surface area (Å²) in [5.74, 6) is 1.89. The van der Waals surface area contributed by atoms with E-state index in [9.17, 15) is 9.59 Å². The molecular formula is C26H32N2O4. The van der Waals surface area contributed by atoms with Crippen LogP contribution < -0.4 is 9.47 Å². The predicted molar refractivity (Wildman–Crippen MR) is 123 cm³/mol. The molecule has 2 fully saturated rings. The molecule has 2 aromatic carbocycles. The summed E-state index contributed by atoms with van der Waals surface area (Å²) in [5, 5.41) is 0. The van der Waals surface area contributed by atoms with Crippen molar-refractivity contribution >= 4 is 11.8 Å². The quantitative estimate of drug-likeness (QED) is 0.660. The van der Waals surface area contributed by atoms with Gasteiger partial charge in [0, 0.05) is 37.7 Å². The number of nitrogens with zero attached hydrogens (tertiary/aromatic N) is 2. The van der Waals surface area contributed by atoms with Gasteiger partial charge in [0.25, 0.3) is 11.8 Å². The van der Waals surface area contributed by atoms with Crippen LogP contribution in [0.4, 0.5) is 0 Å². The second-order valence-electron chi connectivity index (χ2n) is 8.79. The number of benzene rings is 2. The topological polar surface area (TPSA) is 59.1 Å². The maximum Gasteiger partial charge on any atom is 0.260 e. The molecule has 6 nitrogen and oxygen atoms in total. The Bertz CT molecular complexity index is 922. The van der Waals surface area contributed by atoms with Gasteiger partial charge < -0.3 is 19.3 Å². The Morgan fingerprint density at radius 1 is 0.906 bits per heavy atom. The van der Waals surface area contributed by atoms with Crippen LogP contribution in [0.25, 0.3) is 0 Å². The fourth-order valence-corrected chi connectivity index (χ4v) is 4.38. The molecule has 2 aromatic rings. The summed E-state index contributed by atoms with van der Waals surface area (Å²) in [6.07, 6.45) is 4.18. The highest BCUT2D eigenvalue weighted by molar-refractivity contribution is 5.94. The lowest BCUT2D eigenvalue weighted by Gasteiger charge is -2.32. The largest absolute Gasteiger partial charge is 0.493 e. The van der Waals surface area contributed by atoms with Gasteiger partial charge in [-0.05, 0) is 74.6 Å². The molecule has 4 rings (SSSR count). The monoisotopic (exact) mass is 436 g/mol. The van der Waals surface area contributed by atoms with Crippen molar-refractivity contribution in [2.45, 2.75) is 32.6 Å². The number of carbonyl (C=O) groups is 2. The van der Waals surface area contributed by atoms with E-state index < -0.39 is 0 Å². The number of carbonyl (C=O) groups excluding carboxylic acids is 2. The molecule has 1 atom stereocenters. The zero-order valence-electron chi connectivity index (χ0n) is 18.8. The first-order chi connectivity index (χ1) is 15.6. The summed E-state index contributed by atoms with van der Waals surface area (Å²) >= 11 is 0. The number of rotatable bonds is 7. The van der Waals surface area contributed by atoms with Crippen molar-refractivity contribution < 1.29 is 19.1 Å². The van der Waals surface area contributed by atoms with Crippen LogP contribution in [0.5, 0.6) is 11.5 Å². The average molecular weight is 437 g/mol. The molecule has 2 aliphatic heterocycles. The molecule has 2 saturated heterocycles. The van der Waals surface area contributed by atoms with Crippen molar-refractivity contribution in [3.63, 3.8) is 0 Å². The molecule has 0 aromatic heterocycles. The van der Waals surface area contributed by atoms with Gasteiger partial charge >= 0.3 is 0 Å². The van der Waals surface area contributed by atoms with Gasteiger partial charge in [0.05, 0.1) is 6.61 Å². The zero-order chi connectivity index (χ0) is 22.3. The van der Waals surface area contributed by atoms with E-state index in [4.69, 9.17) is 9.47 Å². The summed E-state index contributed by atoms with van der Waals surface area (Å²) in [6, 6.07) is 15.2. The molecule has 2 heterocycles. The molecule has 32 heavy (non-hydrogen) atoms. The van der Waals surface area contributed by atoms with Crippen LogP contribution in [-0.2, 0) is 4.79 Å². The molecule has 0 spiro atoms. The van der Waals surface area contributed by atoms with Gasteiger partial charge in [-0.3, -0.25) is 9.59 Å². The first-order valence-electron chi connectivity index (χ1n) is 11.6. The van der Waals surface area contributed by atoms with Crippen molar-refractivity contribution in [1.82, 2.24) is 9.80 Å². The number of likely N-dealkylation sites (tertiary alicyclic amines) is 2. The van der Waals surface area contributed by atoms with Crippen LogP contribution in [0.2, 0.25) is 0 Å². The van der Waals surface area contributed by atoms with Gasteiger partial charge in [-0.1, -0.05) is 12.1 Å². The Labute approximate surface area is 190 Å². The Balaban J connectivity index is 1.23. The zero-order valence-corrected chi connectivity index (χ0v) is 18.8. The van der Waals surface area contributed by atoms with Gasteiger partial charge in [-0.2, -0.15) is 0 Å². The summed E-state index contributed by atoms with van der Waals surface area (Å²) in [4.78, 5) is 28.9. The van der Waals surface area contributed by atoms with Gasteiger partial charge in [0.2, 0.25) is 0 Å². The van der Waals surface area contributed by atoms with Gasteiger partial charge in [-0.25, -0.2) is 0 Å². The van der Waals surface area contributed by atoms with E-state index >= 15 is 0 Å². The van der Waals surface area contributed by atoms with Crippen LogP contribution in [0, 0.1) is 12.8 Å². The number of amides is 2. The third kappa shape index (κ3) is 5.81. The molecule has 2 amide bonds. The minimum Gasteiger partial charge on any atom is -0.493 e. The normalized spacial score (nSPS) is 18.5. The second-order valence-corrected chi connectivity index (χ2v) is 8.79. The van der Waals surface area contributed by atoms with Crippen molar-refractivity contribution in [3.05, 3.63) is 59.7 Å². The molecule has 2 aliphatic rings. The first-order valence-corrected chi connectivity index (χ1v) is 11.6. The fraction of sp³-hybridized carbons (Fsp3) is 0.462. The van der Waals surface area contributed by atoms with E-state index in [2.05, 4.69) is 0 Å². The molecular weight excluding hydrogens is 404 g/mol. The number of aryl methyl sites for hydroxylation is 1. The number of hydrogen-bond acceptors (Lipinski definition) is 4. The lowest BCUT2D eigenvalue weighted by molar-refractivity contribution is -0.135. The highest BCUT2D eigenvalue weighted by atomic mass is 16.5. The van der Waals surface area contributed by atoms with Crippen molar-refractivity contribution in [2.75, 3.05) is 39.4 Å². The summed E-state index contributed by atoms with van der Waals surface area (Å²) < 4.78 is 11.7. The Morgan fingerprint density at radius 2 is 1.66 bits per heavy atom. The minimum absolute atomic E-state index is 0.0148. The fourth-order valence-electron chi connectivity index (χ4n) is 4.38.